The number of nitrogens with one attached hydrogen (secondary N) is 3. The van der Waals surface area contributed by atoms with Gasteiger partial charge in [-0.05, 0) is 68.3 Å². The third kappa shape index (κ3) is 12.0. The van der Waals surface area contributed by atoms with Gasteiger partial charge in [-0.3, -0.25) is 28.3 Å². The number of hydroxylamine groups is 2. The number of ether oxygens (including phenoxy) is 2. The second-order valence-corrected chi connectivity index (χ2v) is 12.1. The number of methoxy groups -OCH3 is 1. The van der Waals surface area contributed by atoms with Crippen molar-refractivity contribution in [3.8, 4) is 22.8 Å². The van der Waals surface area contributed by atoms with Crippen LogP contribution in [-0.4, -0.2) is 73.2 Å². The lowest BCUT2D eigenvalue weighted by Gasteiger charge is -2.31. The molecule has 3 atom stereocenters. The Morgan fingerprint density at radius 3 is 2.35 bits per heavy atom. The first-order chi connectivity index (χ1) is 25.1. The van der Waals surface area contributed by atoms with E-state index in [0.717, 1.165) is 17.9 Å². The number of rotatable bonds is 22. The van der Waals surface area contributed by atoms with Gasteiger partial charge < -0.3 is 39.6 Å². The highest BCUT2D eigenvalue weighted by Gasteiger charge is 2.33. The first-order valence-electron chi connectivity index (χ1n) is 16.7. The Hall–Kier alpha value is -5.18. The van der Waals surface area contributed by atoms with Gasteiger partial charge >= 0.3 is 14.2 Å². The first kappa shape index (κ1) is 41.2. The van der Waals surface area contributed by atoms with Gasteiger partial charge in [0.05, 0.1) is 43.5 Å². The summed E-state index contributed by atoms with van der Waals surface area (Å²) in [4.78, 5) is 78.2. The predicted molar refractivity (Wildman–Crippen MR) is 188 cm³/mol. The highest BCUT2D eigenvalue weighted by Crippen LogP contribution is 2.29. The molecule has 0 fully saturated rings. The van der Waals surface area contributed by atoms with Crippen molar-refractivity contribution in [1.82, 2.24) is 21.0 Å². The van der Waals surface area contributed by atoms with E-state index in [4.69, 9.17) is 23.6 Å². The zero-order chi connectivity index (χ0) is 38.0. The summed E-state index contributed by atoms with van der Waals surface area (Å²) >= 11 is 0. The number of hydrogen-bond donors (Lipinski definition) is 4. The topological polar surface area (TPSA) is 212 Å². The summed E-state index contributed by atoms with van der Waals surface area (Å²) in [5.41, 5.74) is 0.841. The summed E-state index contributed by atoms with van der Waals surface area (Å²) in [7, 11) is -1.72. The molecule has 0 aliphatic carbocycles. The van der Waals surface area contributed by atoms with Crippen molar-refractivity contribution in [3.63, 3.8) is 0 Å². The minimum absolute atomic E-state index is 0.0519. The largest absolute Gasteiger partial charge is 0.497 e. The lowest BCUT2D eigenvalue weighted by atomic mass is 9.90. The molecule has 0 aliphatic heterocycles. The lowest BCUT2D eigenvalue weighted by Crippen LogP contribution is -2.49. The normalized spacial score (nSPS) is 12.5. The summed E-state index contributed by atoms with van der Waals surface area (Å²) in [6.45, 7) is 5.05. The smallest absolute Gasteiger partial charge is 0.363 e. The minimum atomic E-state index is -3.21. The van der Waals surface area contributed by atoms with Gasteiger partial charge in [0, 0.05) is 5.56 Å². The van der Waals surface area contributed by atoms with E-state index < -0.39 is 50.6 Å². The van der Waals surface area contributed by atoms with Crippen molar-refractivity contribution in [2.45, 2.75) is 58.9 Å². The fourth-order valence-electron chi connectivity index (χ4n) is 5.24. The maximum Gasteiger partial charge on any atom is 0.363 e. The SMILES string of the molecule is CCCCCC(C(=O)NCNC(=O)c1ccc(-c2ccc(C(=O)NCO[PH](=O)O)c(OCC)c2)o1)C(CC)N(C=O)OC(=O)c1ccc(OC)cc1. The van der Waals surface area contributed by atoms with Crippen molar-refractivity contribution >= 4 is 38.4 Å². The van der Waals surface area contributed by atoms with Crippen LogP contribution in [0.2, 0.25) is 0 Å². The molecule has 1 aromatic heterocycles. The van der Waals surface area contributed by atoms with Crippen LogP contribution in [0.25, 0.3) is 11.3 Å². The number of furan rings is 1. The third-order valence-electron chi connectivity index (χ3n) is 7.86. The van der Waals surface area contributed by atoms with E-state index in [9.17, 15) is 28.5 Å². The number of benzene rings is 2. The zero-order valence-electron chi connectivity index (χ0n) is 29.5. The molecule has 0 saturated heterocycles. The van der Waals surface area contributed by atoms with Crippen LogP contribution in [0.15, 0.2) is 59.0 Å². The molecule has 4 N–H and O–H groups in total. The van der Waals surface area contributed by atoms with Crippen LogP contribution < -0.4 is 25.4 Å². The molecule has 0 aliphatic rings. The van der Waals surface area contributed by atoms with E-state index in [1.165, 1.54) is 31.4 Å². The zero-order valence-corrected chi connectivity index (χ0v) is 30.5. The van der Waals surface area contributed by atoms with Gasteiger partial charge in [0.1, 0.15) is 24.0 Å². The van der Waals surface area contributed by atoms with E-state index in [1.807, 2.05) is 6.92 Å². The Kier molecular flexibility index (Phi) is 16.9. The number of unbranched alkanes of at least 4 members (excludes halogenated alkanes) is 2. The van der Waals surface area contributed by atoms with E-state index >= 15 is 0 Å². The fraction of sp³-hybridized carbons (Fsp3) is 0.400. The summed E-state index contributed by atoms with van der Waals surface area (Å²) in [6.07, 6.45) is 3.51. The molecule has 17 heteroatoms. The van der Waals surface area contributed by atoms with Gasteiger partial charge in [0.25, 0.3) is 11.8 Å². The van der Waals surface area contributed by atoms with E-state index in [-0.39, 0.29) is 35.9 Å². The van der Waals surface area contributed by atoms with Gasteiger partial charge in [-0.2, -0.15) is 5.06 Å². The Morgan fingerprint density at radius 1 is 0.962 bits per heavy atom. The van der Waals surface area contributed by atoms with Gasteiger partial charge in [-0.15, -0.1) is 0 Å². The summed E-state index contributed by atoms with van der Waals surface area (Å²) in [5, 5.41) is 8.53. The van der Waals surface area contributed by atoms with Crippen LogP contribution in [0, 0.1) is 5.92 Å². The van der Waals surface area contributed by atoms with Crippen LogP contribution in [0.1, 0.15) is 84.1 Å². The van der Waals surface area contributed by atoms with Crippen molar-refractivity contribution in [2.75, 3.05) is 27.1 Å². The van der Waals surface area contributed by atoms with Crippen molar-refractivity contribution in [2.24, 2.45) is 5.92 Å². The summed E-state index contributed by atoms with van der Waals surface area (Å²) in [6, 6.07) is 13.0. The predicted octanol–water partition coefficient (Wildman–Crippen LogP) is 4.45. The summed E-state index contributed by atoms with van der Waals surface area (Å²) < 4.78 is 31.7. The molecule has 4 amide bonds. The van der Waals surface area contributed by atoms with E-state index in [0.29, 0.717) is 42.7 Å². The monoisotopic (exact) mass is 744 g/mol. The fourth-order valence-corrected chi connectivity index (χ4v) is 5.43. The van der Waals surface area contributed by atoms with Crippen LogP contribution >= 0.6 is 8.25 Å². The molecular formula is C35H45N4O12P. The number of hydrogen-bond acceptors (Lipinski definition) is 11. The summed E-state index contributed by atoms with van der Waals surface area (Å²) in [5.74, 6) is -2.18. The van der Waals surface area contributed by atoms with Crippen molar-refractivity contribution in [1.29, 1.82) is 0 Å². The molecule has 3 rings (SSSR count). The van der Waals surface area contributed by atoms with Gasteiger partial charge in [-0.1, -0.05) is 39.2 Å². The molecule has 0 spiro atoms. The first-order valence-corrected chi connectivity index (χ1v) is 18.0. The minimum Gasteiger partial charge on any atom is -0.497 e. The highest BCUT2D eigenvalue weighted by atomic mass is 31.1. The lowest BCUT2D eigenvalue weighted by molar-refractivity contribution is -0.171. The average Bonchev–Trinajstić information content (AvgIpc) is 3.64. The van der Waals surface area contributed by atoms with Gasteiger partial charge in [-0.25, -0.2) is 4.79 Å². The van der Waals surface area contributed by atoms with Crippen LogP contribution in [0.5, 0.6) is 11.5 Å². The van der Waals surface area contributed by atoms with Gasteiger partial charge in [0.15, 0.2) is 5.76 Å². The molecule has 2 aromatic carbocycles. The van der Waals surface area contributed by atoms with Crippen LogP contribution in [0.3, 0.4) is 0 Å². The maximum absolute atomic E-state index is 13.5. The molecule has 0 bridgehead atoms. The average molecular weight is 745 g/mol. The van der Waals surface area contributed by atoms with Crippen LogP contribution in [0.4, 0.5) is 0 Å². The molecule has 3 aromatic rings. The van der Waals surface area contributed by atoms with Crippen molar-refractivity contribution in [3.05, 3.63) is 71.5 Å². The molecule has 1 heterocycles. The Bertz CT molecular complexity index is 1680. The van der Waals surface area contributed by atoms with Crippen LogP contribution in [-0.2, 0) is 23.5 Å². The molecular weight excluding hydrogens is 699 g/mol. The van der Waals surface area contributed by atoms with E-state index in [1.54, 1.807) is 44.2 Å². The second kappa shape index (κ2) is 21.2. The molecule has 0 radical (unpaired) electrons. The Morgan fingerprint density at radius 2 is 1.71 bits per heavy atom. The van der Waals surface area contributed by atoms with Gasteiger partial charge in [0.2, 0.25) is 12.3 Å². The molecule has 16 nitrogen and oxygen atoms in total. The Labute approximate surface area is 302 Å². The molecule has 282 valence electrons. The number of carbonyl (C=O) groups is 5. The third-order valence-corrected chi connectivity index (χ3v) is 8.25. The quantitative estimate of drug-likeness (QED) is 0.0370. The van der Waals surface area contributed by atoms with E-state index in [2.05, 4.69) is 20.5 Å². The highest BCUT2D eigenvalue weighted by molar-refractivity contribution is 7.32. The maximum atomic E-state index is 13.5. The number of nitrogens with zero attached hydrogens (tertiary/aromatic N) is 1. The Balaban J connectivity index is 1.66. The number of carbonyl (C=O) groups excluding carboxylic acids is 5. The standard InChI is InChI=1S/C35H45N4O12P/c1-5-8-9-10-26(28(6-2)39(22-40)51-35(44)23-11-14-25(47-4)15-12-23)32(41)36-20-37-34(43)30-18-17-29(50-30)24-13-16-27(31(19-24)48-7-3)33(42)38-21-49-52(45)46/h11-19,22,26,28,52H,5-10,20-21H2,1-4H3,(H,36,41)(H,37,43)(H,38,42)(H,45,46). The van der Waals surface area contributed by atoms with Crippen molar-refractivity contribution < 1.29 is 56.7 Å². The molecule has 0 saturated carbocycles. The molecule has 52 heavy (non-hydrogen) atoms. The number of amides is 4. The molecule has 3 unspecified atom stereocenters. The second-order valence-electron chi connectivity index (χ2n) is 11.2.